The largest absolute Gasteiger partial charge is 0.447 e. The second-order valence-corrected chi connectivity index (χ2v) is 12.4. The van der Waals surface area contributed by atoms with Gasteiger partial charge in [-0.05, 0) is 20.3 Å². The zero-order valence-electron chi connectivity index (χ0n) is 32.0. The lowest BCUT2D eigenvalue weighted by Gasteiger charge is -2.22. The second kappa shape index (κ2) is 24.2. The van der Waals surface area contributed by atoms with Gasteiger partial charge in [-0.15, -0.1) is 0 Å². The van der Waals surface area contributed by atoms with E-state index in [0.29, 0.717) is 0 Å². The van der Waals surface area contributed by atoms with Crippen molar-refractivity contribution in [1.29, 1.82) is 0 Å². The van der Waals surface area contributed by atoms with Gasteiger partial charge in [-0.25, -0.2) is 9.59 Å². The molecule has 2 unspecified atom stereocenters. The number of carbonyl (C=O) groups excluding carboxylic acids is 11. The van der Waals surface area contributed by atoms with Gasteiger partial charge >= 0.3 is 12.2 Å². The van der Waals surface area contributed by atoms with Gasteiger partial charge in [0.15, 0.2) is 0 Å². The molecule has 2 rings (SSSR count). The standard InChI is InChI=1S/C34H49N9O14/c1-20(42-27(47)7-8-28(42)48)31(51)39-13-11-37-25(45)16-22(17-26(46)38-12-14-40-32(52)21(2)43-29(49)9-10-30(43)50)41-24(44)6-5-15-55-23(18-56-33(53)35-3)19-57-34(54)36-4/h7-10,20-23H,5-6,11-19H2,1-4H3,(H,35,53)(H,36,54)(H,37,45)(H,38,46)(H,39,51)(H,40,52)(H,41,44). The molecule has 2 aliphatic heterocycles. The zero-order valence-corrected chi connectivity index (χ0v) is 32.0. The highest BCUT2D eigenvalue weighted by molar-refractivity contribution is 6.15. The molecule has 0 saturated heterocycles. The first-order valence-corrected chi connectivity index (χ1v) is 17.9. The maximum atomic E-state index is 12.9. The molecule has 0 fully saturated rings. The fourth-order valence-electron chi connectivity index (χ4n) is 5.07. The third-order valence-corrected chi connectivity index (χ3v) is 8.05. The molecule has 23 nitrogen and oxygen atoms in total. The Bertz CT molecular complexity index is 1460. The third-order valence-electron chi connectivity index (χ3n) is 8.05. The predicted molar refractivity (Wildman–Crippen MR) is 194 cm³/mol. The lowest BCUT2D eigenvalue weighted by atomic mass is 10.1. The summed E-state index contributed by atoms with van der Waals surface area (Å²) in [5.74, 6) is -5.52. The molecular formula is C34H49N9O14. The van der Waals surface area contributed by atoms with Crippen LogP contribution in [0.3, 0.4) is 0 Å². The van der Waals surface area contributed by atoms with Crippen LogP contribution < -0.4 is 37.2 Å². The number of amides is 11. The van der Waals surface area contributed by atoms with Crippen LogP contribution in [0.5, 0.6) is 0 Å². The van der Waals surface area contributed by atoms with E-state index < -0.39 is 89.6 Å². The fraction of sp³-hybridized carbons (Fsp3) is 0.559. The summed E-state index contributed by atoms with van der Waals surface area (Å²) < 4.78 is 15.5. The topological polar surface area (TPSA) is 306 Å². The molecule has 23 heteroatoms. The molecule has 0 saturated carbocycles. The van der Waals surface area contributed by atoms with Crippen molar-refractivity contribution in [2.75, 3.05) is 60.1 Å². The SMILES string of the molecule is CNC(=O)OCC(COC(=O)NC)OCCCC(=O)NC(CC(=O)NCCNC(=O)C(C)N1C(=O)C=CC1=O)CC(=O)NCCNC(=O)C(C)N1C(=O)C=CC1=O. The van der Waals surface area contributed by atoms with Gasteiger partial charge in [0.25, 0.3) is 23.6 Å². The van der Waals surface area contributed by atoms with Crippen LogP contribution in [0.15, 0.2) is 24.3 Å². The maximum Gasteiger partial charge on any atom is 0.406 e. The molecule has 57 heavy (non-hydrogen) atoms. The quantitative estimate of drug-likeness (QED) is 0.0364. The molecule has 0 radical (unpaired) electrons. The number of carbonyl (C=O) groups is 11. The smallest absolute Gasteiger partial charge is 0.406 e. The Labute approximate surface area is 327 Å². The molecule has 0 spiro atoms. The molecule has 7 N–H and O–H groups in total. The molecule has 2 heterocycles. The van der Waals surface area contributed by atoms with Crippen LogP contribution in [0.25, 0.3) is 0 Å². The average molecular weight is 808 g/mol. The molecule has 2 atom stereocenters. The molecule has 0 aromatic rings. The molecule has 314 valence electrons. The van der Waals surface area contributed by atoms with Crippen LogP contribution in [0.4, 0.5) is 9.59 Å². The summed E-state index contributed by atoms with van der Waals surface area (Å²) in [6.45, 7) is 1.91. The van der Waals surface area contributed by atoms with Crippen LogP contribution in [0.1, 0.15) is 39.5 Å². The van der Waals surface area contributed by atoms with E-state index >= 15 is 0 Å². The van der Waals surface area contributed by atoms with Crippen molar-refractivity contribution in [3.8, 4) is 0 Å². The summed E-state index contributed by atoms with van der Waals surface area (Å²) in [4.78, 5) is 135. The normalized spacial score (nSPS) is 14.8. The van der Waals surface area contributed by atoms with E-state index in [9.17, 15) is 52.7 Å². The highest BCUT2D eigenvalue weighted by Gasteiger charge is 2.33. The molecule has 11 amide bonds. The lowest BCUT2D eigenvalue weighted by Crippen LogP contribution is -2.49. The Morgan fingerprint density at radius 1 is 0.596 bits per heavy atom. The fourth-order valence-corrected chi connectivity index (χ4v) is 5.07. The molecule has 0 bridgehead atoms. The first-order valence-electron chi connectivity index (χ1n) is 17.9. The number of ether oxygens (including phenoxy) is 3. The van der Waals surface area contributed by atoms with E-state index in [4.69, 9.17) is 14.2 Å². The first kappa shape index (κ1) is 46.8. The molecule has 0 aliphatic carbocycles. The number of hydrogen-bond acceptors (Lipinski definition) is 14. The minimum absolute atomic E-state index is 0.0280. The third kappa shape index (κ3) is 16.5. The van der Waals surface area contributed by atoms with E-state index in [-0.39, 0.29) is 71.7 Å². The van der Waals surface area contributed by atoms with Crippen molar-refractivity contribution in [2.45, 2.75) is 63.8 Å². The van der Waals surface area contributed by atoms with Gasteiger partial charge in [0, 0.05) is 96.5 Å². The number of imide groups is 2. The first-order chi connectivity index (χ1) is 27.1. The van der Waals surface area contributed by atoms with E-state index in [0.717, 1.165) is 34.1 Å². The highest BCUT2D eigenvalue weighted by Crippen LogP contribution is 2.10. The van der Waals surface area contributed by atoms with Gasteiger partial charge in [-0.3, -0.25) is 53.0 Å². The van der Waals surface area contributed by atoms with E-state index in [1.807, 2.05) is 0 Å². The van der Waals surface area contributed by atoms with Crippen LogP contribution >= 0.6 is 0 Å². The number of hydrogen-bond donors (Lipinski definition) is 7. The minimum atomic E-state index is -1.09. The number of alkyl carbamates (subject to hydrolysis) is 2. The number of nitrogens with zero attached hydrogens (tertiary/aromatic N) is 2. The van der Waals surface area contributed by atoms with E-state index in [2.05, 4.69) is 37.2 Å². The van der Waals surface area contributed by atoms with Crippen LogP contribution in [-0.4, -0.2) is 159 Å². The Morgan fingerprint density at radius 2 is 0.982 bits per heavy atom. The van der Waals surface area contributed by atoms with Crippen molar-refractivity contribution < 1.29 is 67.0 Å². The van der Waals surface area contributed by atoms with Gasteiger partial charge in [-0.2, -0.15) is 0 Å². The Balaban J connectivity index is 1.90. The van der Waals surface area contributed by atoms with E-state index in [1.165, 1.54) is 27.9 Å². The van der Waals surface area contributed by atoms with Gasteiger partial charge in [0.2, 0.25) is 29.5 Å². The maximum absolute atomic E-state index is 12.9. The van der Waals surface area contributed by atoms with Crippen molar-refractivity contribution >= 4 is 65.4 Å². The van der Waals surface area contributed by atoms with Gasteiger partial charge in [0.1, 0.15) is 31.4 Å². The van der Waals surface area contributed by atoms with Crippen molar-refractivity contribution in [3.05, 3.63) is 24.3 Å². The predicted octanol–water partition coefficient (Wildman–Crippen LogP) is -3.78. The van der Waals surface area contributed by atoms with Gasteiger partial charge in [-0.1, -0.05) is 0 Å². The summed E-state index contributed by atoms with van der Waals surface area (Å²) in [5.41, 5.74) is 0. The summed E-state index contributed by atoms with van der Waals surface area (Å²) in [6.07, 6.45) is 1.15. The lowest BCUT2D eigenvalue weighted by molar-refractivity contribution is -0.145. The molecule has 0 aromatic carbocycles. The van der Waals surface area contributed by atoms with Crippen molar-refractivity contribution in [1.82, 2.24) is 47.0 Å². The molecule has 2 aliphatic rings. The Hall–Kier alpha value is -6.39. The summed E-state index contributed by atoms with van der Waals surface area (Å²) in [5, 5.41) is 17.3. The van der Waals surface area contributed by atoms with E-state index in [1.54, 1.807) is 0 Å². The molecule has 0 aromatic heterocycles. The average Bonchev–Trinajstić information content (AvgIpc) is 3.70. The van der Waals surface area contributed by atoms with Gasteiger partial charge in [0.05, 0.1) is 0 Å². The van der Waals surface area contributed by atoms with Crippen LogP contribution in [0, 0.1) is 0 Å². The number of nitrogens with one attached hydrogen (secondary N) is 7. The zero-order chi connectivity index (χ0) is 42.5. The van der Waals surface area contributed by atoms with Crippen LogP contribution in [0.2, 0.25) is 0 Å². The minimum Gasteiger partial charge on any atom is -0.447 e. The van der Waals surface area contributed by atoms with Gasteiger partial charge < -0.3 is 51.4 Å². The summed E-state index contributed by atoms with van der Waals surface area (Å²) in [6, 6.07) is -3.20. The highest BCUT2D eigenvalue weighted by atomic mass is 16.6. The number of rotatable bonds is 24. The Morgan fingerprint density at radius 3 is 1.37 bits per heavy atom. The monoisotopic (exact) mass is 807 g/mol. The Kier molecular flexibility index (Phi) is 19.8. The van der Waals surface area contributed by atoms with Crippen molar-refractivity contribution in [2.24, 2.45) is 0 Å². The van der Waals surface area contributed by atoms with Crippen molar-refractivity contribution in [3.63, 3.8) is 0 Å². The molecular weight excluding hydrogens is 758 g/mol. The second-order valence-electron chi connectivity index (χ2n) is 12.4. The van der Waals surface area contributed by atoms with Crippen LogP contribution in [-0.2, 0) is 57.4 Å². The summed E-state index contributed by atoms with van der Waals surface area (Å²) >= 11 is 0. The summed E-state index contributed by atoms with van der Waals surface area (Å²) in [7, 11) is 2.71.